The molecule has 0 saturated heterocycles. The second kappa shape index (κ2) is 16.3. The first-order valence-corrected chi connectivity index (χ1v) is 6.01. The summed E-state index contributed by atoms with van der Waals surface area (Å²) in [4.78, 5) is 19.2. The molecule has 0 heterocycles. The van der Waals surface area contributed by atoms with E-state index in [0.29, 0.717) is 0 Å². The third kappa shape index (κ3) is 23.1. The van der Waals surface area contributed by atoms with Crippen molar-refractivity contribution in [3.8, 4) is 0 Å². The zero-order chi connectivity index (χ0) is 12.6. The Bertz CT molecular complexity index is 186. The van der Waals surface area contributed by atoms with E-state index in [1.165, 1.54) is 32.1 Å². The van der Waals surface area contributed by atoms with Crippen molar-refractivity contribution in [1.29, 1.82) is 0 Å². The molecular formula is C13H24O3. The van der Waals surface area contributed by atoms with Crippen molar-refractivity contribution in [3.05, 3.63) is 12.2 Å². The number of hydrogen-bond acceptors (Lipinski definition) is 2. The van der Waals surface area contributed by atoms with Gasteiger partial charge in [0.25, 0.3) is 0 Å². The van der Waals surface area contributed by atoms with Crippen molar-refractivity contribution in [1.82, 2.24) is 0 Å². The molecule has 0 aromatic carbocycles. The minimum absolute atomic E-state index is 0.222. The molecule has 0 radical (unpaired) electrons. The van der Waals surface area contributed by atoms with E-state index in [4.69, 9.17) is 5.11 Å². The van der Waals surface area contributed by atoms with Crippen molar-refractivity contribution in [2.24, 2.45) is 0 Å². The summed E-state index contributed by atoms with van der Waals surface area (Å²) in [5.41, 5.74) is 0. The summed E-state index contributed by atoms with van der Waals surface area (Å²) in [6, 6.07) is 0. The number of aldehydes is 1. The fourth-order valence-electron chi connectivity index (χ4n) is 1.02. The number of hydrogen-bond donors (Lipinski definition) is 1. The first-order valence-electron chi connectivity index (χ1n) is 6.01. The molecule has 0 rings (SSSR count). The quantitative estimate of drug-likeness (QED) is 0.392. The molecule has 0 aliphatic heterocycles. The molecule has 3 heteroatoms. The maximum absolute atomic E-state index is 9.85. The van der Waals surface area contributed by atoms with Gasteiger partial charge < -0.3 is 5.11 Å². The second-order valence-electron chi connectivity index (χ2n) is 3.51. The van der Waals surface area contributed by atoms with Gasteiger partial charge in [-0.15, -0.1) is 0 Å². The highest BCUT2D eigenvalue weighted by Crippen LogP contribution is 2.04. The number of carbonyl (C=O) groups excluding carboxylic acids is 1. The Balaban J connectivity index is 0. The normalized spacial score (nSPS) is 9.62. The number of carboxylic acid groups (broad SMARTS) is 1. The van der Waals surface area contributed by atoms with Gasteiger partial charge in [-0.3, -0.25) is 9.59 Å². The number of carboxylic acids is 1. The van der Waals surface area contributed by atoms with Crippen LogP contribution in [-0.4, -0.2) is 17.4 Å². The minimum Gasteiger partial charge on any atom is -0.481 e. The summed E-state index contributed by atoms with van der Waals surface area (Å²) in [5, 5.41) is 7.72. The van der Waals surface area contributed by atoms with Crippen molar-refractivity contribution in [2.75, 3.05) is 0 Å². The predicted molar refractivity (Wildman–Crippen MR) is 66.5 cm³/mol. The van der Waals surface area contributed by atoms with E-state index in [2.05, 4.69) is 6.92 Å². The van der Waals surface area contributed by atoms with E-state index in [9.17, 15) is 9.59 Å². The Kier molecular flexibility index (Phi) is 17.6. The van der Waals surface area contributed by atoms with E-state index < -0.39 is 5.97 Å². The van der Waals surface area contributed by atoms with Crippen LogP contribution in [-0.2, 0) is 9.59 Å². The maximum atomic E-state index is 9.85. The van der Waals surface area contributed by atoms with Gasteiger partial charge in [0.15, 0.2) is 0 Å². The molecule has 0 fully saturated rings. The largest absolute Gasteiger partial charge is 0.481 e. The van der Waals surface area contributed by atoms with Gasteiger partial charge in [-0.1, -0.05) is 45.6 Å². The monoisotopic (exact) mass is 228 g/mol. The first kappa shape index (κ1) is 17.3. The zero-order valence-corrected chi connectivity index (χ0v) is 10.4. The minimum atomic E-state index is -0.745. The summed E-state index contributed by atoms with van der Waals surface area (Å²) < 4.78 is 0. The van der Waals surface area contributed by atoms with Crippen molar-refractivity contribution < 1.29 is 14.7 Å². The van der Waals surface area contributed by atoms with E-state index in [1.807, 2.05) is 6.08 Å². The number of aliphatic carboxylic acids is 1. The first-order chi connectivity index (χ1) is 7.68. The van der Waals surface area contributed by atoms with Gasteiger partial charge in [0, 0.05) is 6.42 Å². The highest BCUT2D eigenvalue weighted by molar-refractivity contribution is 5.66. The van der Waals surface area contributed by atoms with Crippen molar-refractivity contribution in [3.63, 3.8) is 0 Å². The number of allylic oxidation sites excluding steroid dienone is 2. The SMILES string of the molecule is CCC(=O)O.CCCCCCCC=CC=O. The lowest BCUT2D eigenvalue weighted by molar-refractivity contribution is -0.136. The van der Waals surface area contributed by atoms with Gasteiger partial charge in [-0.05, 0) is 18.9 Å². The summed E-state index contributed by atoms with van der Waals surface area (Å²) in [7, 11) is 0. The molecule has 0 unspecified atom stereocenters. The van der Waals surface area contributed by atoms with Crippen LogP contribution in [0.25, 0.3) is 0 Å². The van der Waals surface area contributed by atoms with Crippen LogP contribution in [0.2, 0.25) is 0 Å². The molecule has 0 saturated carbocycles. The van der Waals surface area contributed by atoms with E-state index in [0.717, 1.165) is 12.7 Å². The van der Waals surface area contributed by atoms with Gasteiger partial charge in [0.2, 0.25) is 0 Å². The van der Waals surface area contributed by atoms with Gasteiger partial charge in [0.05, 0.1) is 0 Å². The topological polar surface area (TPSA) is 54.4 Å². The summed E-state index contributed by atoms with van der Waals surface area (Å²) >= 11 is 0. The molecular weight excluding hydrogens is 204 g/mol. The molecule has 0 aromatic heterocycles. The summed E-state index contributed by atoms with van der Waals surface area (Å²) in [6.45, 7) is 3.81. The number of unbranched alkanes of at least 4 members (excludes halogenated alkanes) is 5. The molecule has 94 valence electrons. The lowest BCUT2D eigenvalue weighted by Gasteiger charge is -1.94. The van der Waals surface area contributed by atoms with Crippen LogP contribution in [0.3, 0.4) is 0 Å². The summed E-state index contributed by atoms with van der Waals surface area (Å²) in [6.07, 6.45) is 12.2. The molecule has 0 aliphatic rings. The third-order valence-corrected chi connectivity index (χ3v) is 1.99. The van der Waals surface area contributed by atoms with Crippen LogP contribution < -0.4 is 0 Å². The van der Waals surface area contributed by atoms with Crippen LogP contribution in [0.4, 0.5) is 0 Å². The zero-order valence-electron chi connectivity index (χ0n) is 10.4. The number of rotatable bonds is 8. The Morgan fingerprint density at radius 2 is 1.69 bits per heavy atom. The molecule has 16 heavy (non-hydrogen) atoms. The smallest absolute Gasteiger partial charge is 0.303 e. The third-order valence-electron chi connectivity index (χ3n) is 1.99. The molecule has 0 spiro atoms. The second-order valence-corrected chi connectivity index (χ2v) is 3.51. The van der Waals surface area contributed by atoms with Crippen molar-refractivity contribution in [2.45, 2.75) is 58.8 Å². The van der Waals surface area contributed by atoms with Crippen LogP contribution in [0, 0.1) is 0 Å². The molecule has 0 bridgehead atoms. The highest BCUT2D eigenvalue weighted by Gasteiger charge is 1.85. The Hall–Kier alpha value is -1.12. The van der Waals surface area contributed by atoms with Gasteiger partial charge in [0.1, 0.15) is 6.29 Å². The average Bonchev–Trinajstić information content (AvgIpc) is 2.29. The van der Waals surface area contributed by atoms with E-state index >= 15 is 0 Å². The molecule has 1 N–H and O–H groups in total. The van der Waals surface area contributed by atoms with Gasteiger partial charge >= 0.3 is 5.97 Å². The van der Waals surface area contributed by atoms with Crippen LogP contribution in [0.5, 0.6) is 0 Å². The average molecular weight is 228 g/mol. The van der Waals surface area contributed by atoms with E-state index in [-0.39, 0.29) is 6.42 Å². The maximum Gasteiger partial charge on any atom is 0.303 e. The fourth-order valence-corrected chi connectivity index (χ4v) is 1.02. The Morgan fingerprint density at radius 1 is 1.12 bits per heavy atom. The Labute approximate surface area is 98.6 Å². The Morgan fingerprint density at radius 3 is 2.12 bits per heavy atom. The van der Waals surface area contributed by atoms with Crippen molar-refractivity contribution >= 4 is 12.3 Å². The molecule has 0 amide bonds. The molecule has 0 aliphatic carbocycles. The molecule has 3 nitrogen and oxygen atoms in total. The molecule has 0 atom stereocenters. The van der Waals surface area contributed by atoms with Crippen LogP contribution >= 0.6 is 0 Å². The van der Waals surface area contributed by atoms with Crippen LogP contribution in [0.1, 0.15) is 58.8 Å². The molecule has 0 aromatic rings. The number of carbonyl (C=O) groups is 2. The van der Waals surface area contributed by atoms with Crippen LogP contribution in [0.15, 0.2) is 12.2 Å². The standard InChI is InChI=1S/C10H18O.C3H6O2/c1-2-3-4-5-6-7-8-9-10-11;1-2-3(4)5/h8-10H,2-7H2,1H3;2H2,1H3,(H,4,5). The van der Waals surface area contributed by atoms with E-state index in [1.54, 1.807) is 13.0 Å². The van der Waals surface area contributed by atoms with Gasteiger partial charge in [-0.2, -0.15) is 0 Å². The fraction of sp³-hybridized carbons (Fsp3) is 0.692. The van der Waals surface area contributed by atoms with Gasteiger partial charge in [-0.25, -0.2) is 0 Å². The predicted octanol–water partition coefficient (Wildman–Crippen LogP) is 3.58. The lowest BCUT2D eigenvalue weighted by Crippen LogP contribution is -1.86. The highest BCUT2D eigenvalue weighted by atomic mass is 16.4. The lowest BCUT2D eigenvalue weighted by atomic mass is 10.1. The summed E-state index contributed by atoms with van der Waals surface area (Å²) in [5.74, 6) is -0.745.